The molecule has 0 saturated carbocycles. The van der Waals surface area contributed by atoms with E-state index in [1.165, 1.54) is 0 Å². The van der Waals surface area contributed by atoms with Crippen LogP contribution in [0.15, 0.2) is 36.5 Å². The molecule has 0 saturated heterocycles. The van der Waals surface area contributed by atoms with Gasteiger partial charge in [-0.05, 0) is 55.7 Å². The summed E-state index contributed by atoms with van der Waals surface area (Å²) in [6.45, 7) is 5.99. The number of anilines is 1. The van der Waals surface area contributed by atoms with Crippen molar-refractivity contribution in [2.75, 3.05) is 5.32 Å². The summed E-state index contributed by atoms with van der Waals surface area (Å²) in [5.74, 6) is -0.167. The van der Waals surface area contributed by atoms with Crippen LogP contribution < -0.4 is 5.32 Å². The lowest BCUT2D eigenvalue weighted by atomic mass is 10.1. The maximum Gasteiger partial charge on any atom is 0.274 e. The molecule has 1 amide bonds. The monoisotopic (exact) mass is 341 g/mol. The normalized spacial score (nSPS) is 11.0. The molecule has 24 heavy (non-hydrogen) atoms. The molecule has 0 aliphatic carbocycles. The van der Waals surface area contributed by atoms with Gasteiger partial charge in [-0.25, -0.2) is 4.98 Å². The maximum absolute atomic E-state index is 12.9. The van der Waals surface area contributed by atoms with Gasteiger partial charge in [-0.3, -0.25) is 9.20 Å². The van der Waals surface area contributed by atoms with Crippen molar-refractivity contribution in [3.63, 3.8) is 0 Å². The first-order valence-electron chi connectivity index (χ1n) is 8.05. The lowest BCUT2D eigenvalue weighted by molar-refractivity contribution is 0.102. The Balaban J connectivity index is 2.05. The van der Waals surface area contributed by atoms with Gasteiger partial charge in [0.05, 0.1) is 5.69 Å². The minimum Gasteiger partial charge on any atom is -0.320 e. The van der Waals surface area contributed by atoms with Gasteiger partial charge < -0.3 is 5.32 Å². The van der Waals surface area contributed by atoms with Crippen LogP contribution in [0.25, 0.3) is 5.65 Å². The van der Waals surface area contributed by atoms with E-state index in [4.69, 9.17) is 11.6 Å². The third kappa shape index (κ3) is 3.02. The number of aromatic nitrogens is 2. The summed E-state index contributed by atoms with van der Waals surface area (Å²) in [6.07, 6.45) is 3.59. The molecule has 0 unspecified atom stereocenters. The fraction of sp³-hybridized carbons (Fsp3) is 0.263. The van der Waals surface area contributed by atoms with Crippen molar-refractivity contribution < 1.29 is 4.79 Å². The van der Waals surface area contributed by atoms with Crippen LogP contribution in [0.2, 0.25) is 5.02 Å². The number of aryl methyl sites for hydroxylation is 2. The second kappa shape index (κ2) is 6.65. The van der Waals surface area contributed by atoms with E-state index in [0.29, 0.717) is 10.7 Å². The number of imidazole rings is 1. The van der Waals surface area contributed by atoms with Gasteiger partial charge in [0, 0.05) is 16.9 Å². The Morgan fingerprint density at radius 2 is 2.08 bits per heavy atom. The molecule has 0 spiro atoms. The zero-order chi connectivity index (χ0) is 17.3. The SMILES string of the molecule is CCCc1nc2cc(C)ccn2c1C(=O)Nc1cccc(Cl)c1C. The molecular formula is C19H20ClN3O. The number of nitrogens with zero attached hydrogens (tertiary/aromatic N) is 2. The highest BCUT2D eigenvalue weighted by Gasteiger charge is 2.19. The minimum atomic E-state index is -0.167. The first kappa shape index (κ1) is 16.5. The molecule has 2 heterocycles. The number of pyridine rings is 1. The Hall–Kier alpha value is -2.33. The Morgan fingerprint density at radius 1 is 1.29 bits per heavy atom. The Morgan fingerprint density at radius 3 is 2.83 bits per heavy atom. The summed E-state index contributed by atoms with van der Waals surface area (Å²) in [6, 6.07) is 9.46. The van der Waals surface area contributed by atoms with Gasteiger partial charge in [-0.1, -0.05) is 31.0 Å². The first-order chi connectivity index (χ1) is 11.5. The first-order valence-corrected chi connectivity index (χ1v) is 8.43. The zero-order valence-electron chi connectivity index (χ0n) is 14.1. The van der Waals surface area contributed by atoms with Crippen molar-refractivity contribution in [2.45, 2.75) is 33.6 Å². The van der Waals surface area contributed by atoms with Crippen LogP contribution in [0.3, 0.4) is 0 Å². The molecule has 0 atom stereocenters. The van der Waals surface area contributed by atoms with Crippen molar-refractivity contribution >= 4 is 28.8 Å². The third-order valence-corrected chi connectivity index (χ3v) is 4.48. The van der Waals surface area contributed by atoms with E-state index in [1.807, 2.05) is 54.8 Å². The molecular weight excluding hydrogens is 322 g/mol. The maximum atomic E-state index is 12.9. The molecule has 0 fully saturated rings. The van der Waals surface area contributed by atoms with Crippen LogP contribution >= 0.6 is 11.6 Å². The summed E-state index contributed by atoms with van der Waals surface area (Å²) in [5, 5.41) is 3.61. The average molecular weight is 342 g/mol. The number of hydrogen-bond acceptors (Lipinski definition) is 2. The van der Waals surface area contributed by atoms with Crippen LogP contribution in [0.1, 0.15) is 40.7 Å². The van der Waals surface area contributed by atoms with Gasteiger partial charge in [0.25, 0.3) is 5.91 Å². The number of amides is 1. The molecule has 0 bridgehead atoms. The quantitative estimate of drug-likeness (QED) is 0.740. The van der Waals surface area contributed by atoms with Gasteiger partial charge in [0.2, 0.25) is 0 Å². The van der Waals surface area contributed by atoms with Crippen molar-refractivity contribution in [3.8, 4) is 0 Å². The Labute approximate surface area is 146 Å². The van der Waals surface area contributed by atoms with Crippen LogP contribution in [-0.4, -0.2) is 15.3 Å². The summed E-state index contributed by atoms with van der Waals surface area (Å²) >= 11 is 6.15. The number of nitrogens with one attached hydrogen (secondary N) is 1. The molecule has 124 valence electrons. The number of rotatable bonds is 4. The molecule has 0 aliphatic rings. The standard InChI is InChI=1S/C19H20ClN3O/c1-4-6-16-18(23-10-9-12(2)11-17(23)21-16)19(24)22-15-8-5-7-14(20)13(15)3/h5,7-11H,4,6H2,1-3H3,(H,22,24). The number of fused-ring (bicyclic) bond motifs is 1. The van der Waals surface area contributed by atoms with E-state index in [-0.39, 0.29) is 5.91 Å². The predicted octanol–water partition coefficient (Wildman–Crippen LogP) is 4.81. The largest absolute Gasteiger partial charge is 0.320 e. The number of benzene rings is 1. The predicted molar refractivity (Wildman–Crippen MR) is 98.1 cm³/mol. The highest BCUT2D eigenvalue weighted by atomic mass is 35.5. The van der Waals surface area contributed by atoms with E-state index in [0.717, 1.165) is 41.0 Å². The van der Waals surface area contributed by atoms with Crippen LogP contribution in [-0.2, 0) is 6.42 Å². The van der Waals surface area contributed by atoms with Gasteiger partial charge in [0.15, 0.2) is 0 Å². The fourth-order valence-electron chi connectivity index (χ4n) is 2.77. The molecule has 0 radical (unpaired) electrons. The van der Waals surface area contributed by atoms with Gasteiger partial charge in [-0.2, -0.15) is 0 Å². The second-order valence-corrected chi connectivity index (χ2v) is 6.36. The smallest absolute Gasteiger partial charge is 0.274 e. The van der Waals surface area contributed by atoms with Crippen molar-refractivity contribution in [3.05, 3.63) is 64.1 Å². The molecule has 1 aromatic carbocycles. The summed E-state index contributed by atoms with van der Waals surface area (Å²) in [4.78, 5) is 17.6. The average Bonchev–Trinajstić information content (AvgIpc) is 2.89. The molecule has 2 aromatic heterocycles. The summed E-state index contributed by atoms with van der Waals surface area (Å²) in [5.41, 5.74) is 4.90. The van der Waals surface area contributed by atoms with Crippen molar-refractivity contribution in [2.24, 2.45) is 0 Å². The summed E-state index contributed by atoms with van der Waals surface area (Å²) < 4.78 is 1.85. The number of hydrogen-bond donors (Lipinski definition) is 1. The fourth-order valence-corrected chi connectivity index (χ4v) is 2.95. The van der Waals surface area contributed by atoms with Crippen LogP contribution in [0.4, 0.5) is 5.69 Å². The molecule has 4 nitrogen and oxygen atoms in total. The third-order valence-electron chi connectivity index (χ3n) is 4.07. The Kier molecular flexibility index (Phi) is 4.58. The van der Waals surface area contributed by atoms with Crippen LogP contribution in [0, 0.1) is 13.8 Å². The van der Waals surface area contributed by atoms with E-state index in [2.05, 4.69) is 17.2 Å². The number of carbonyl (C=O) groups excluding carboxylic acids is 1. The molecule has 1 N–H and O–H groups in total. The van der Waals surface area contributed by atoms with E-state index < -0.39 is 0 Å². The van der Waals surface area contributed by atoms with E-state index in [1.54, 1.807) is 0 Å². The molecule has 3 aromatic rings. The van der Waals surface area contributed by atoms with E-state index in [9.17, 15) is 4.79 Å². The number of halogens is 1. The second-order valence-electron chi connectivity index (χ2n) is 5.96. The minimum absolute atomic E-state index is 0.167. The van der Waals surface area contributed by atoms with Gasteiger partial charge in [0.1, 0.15) is 11.3 Å². The highest BCUT2D eigenvalue weighted by molar-refractivity contribution is 6.31. The van der Waals surface area contributed by atoms with E-state index >= 15 is 0 Å². The van der Waals surface area contributed by atoms with Gasteiger partial charge >= 0.3 is 0 Å². The number of carbonyl (C=O) groups is 1. The molecule has 5 heteroatoms. The topological polar surface area (TPSA) is 46.4 Å². The molecule has 3 rings (SSSR count). The zero-order valence-corrected chi connectivity index (χ0v) is 14.8. The van der Waals surface area contributed by atoms with Gasteiger partial charge in [-0.15, -0.1) is 0 Å². The Bertz CT molecular complexity index is 914. The van der Waals surface area contributed by atoms with Crippen LogP contribution in [0.5, 0.6) is 0 Å². The lowest BCUT2D eigenvalue weighted by Crippen LogP contribution is -2.17. The molecule has 0 aliphatic heterocycles. The highest BCUT2D eigenvalue weighted by Crippen LogP contribution is 2.24. The van der Waals surface area contributed by atoms with Crippen molar-refractivity contribution in [1.29, 1.82) is 0 Å². The lowest BCUT2D eigenvalue weighted by Gasteiger charge is -2.10. The van der Waals surface area contributed by atoms with Crippen molar-refractivity contribution in [1.82, 2.24) is 9.38 Å². The summed E-state index contributed by atoms with van der Waals surface area (Å²) in [7, 11) is 0.